The van der Waals surface area contributed by atoms with Crippen molar-refractivity contribution in [2.45, 2.75) is 31.8 Å². The summed E-state index contributed by atoms with van der Waals surface area (Å²) in [6, 6.07) is 0. The first kappa shape index (κ1) is 10.4. The third-order valence-corrected chi connectivity index (χ3v) is 2.74. The first-order chi connectivity index (χ1) is 5.96. The van der Waals surface area contributed by atoms with E-state index in [-0.39, 0.29) is 12.8 Å². The van der Waals surface area contributed by atoms with E-state index in [0.29, 0.717) is 12.8 Å². The maximum atomic E-state index is 13.2. The van der Waals surface area contributed by atoms with E-state index >= 15 is 0 Å². The summed E-state index contributed by atoms with van der Waals surface area (Å²) in [4.78, 5) is 11.0. The van der Waals surface area contributed by atoms with Gasteiger partial charge in [-0.2, -0.15) is 8.78 Å². The fourth-order valence-electron chi connectivity index (χ4n) is 1.85. The van der Waals surface area contributed by atoms with Gasteiger partial charge in [0.2, 0.25) is 5.91 Å². The Balaban J connectivity index is 2.97. The molecule has 0 heterocycles. The van der Waals surface area contributed by atoms with E-state index in [1.54, 1.807) is 0 Å². The van der Waals surface area contributed by atoms with Gasteiger partial charge >= 0.3 is 6.11 Å². The summed E-state index contributed by atoms with van der Waals surface area (Å²) in [6.45, 7) is 0. The number of hydrogen-bond donors (Lipinski definition) is 1. The molecular weight excluding hydrogens is 180 g/mol. The summed E-state index contributed by atoms with van der Waals surface area (Å²) in [5.74, 6) is -0.961. The van der Waals surface area contributed by atoms with Crippen molar-refractivity contribution in [1.29, 1.82) is 0 Å². The van der Waals surface area contributed by atoms with Gasteiger partial charge in [0.05, 0.1) is 0 Å². The second-order valence-corrected chi connectivity index (χ2v) is 3.37. The summed E-state index contributed by atoms with van der Waals surface area (Å²) in [5.41, 5.74) is 3.22. The highest BCUT2D eigenvalue weighted by Gasteiger charge is 2.59. The number of amides is 1. The van der Waals surface area contributed by atoms with Gasteiger partial charge in [-0.05, 0) is 12.8 Å². The Labute approximate surface area is 75.2 Å². The number of alkyl halides is 2. The van der Waals surface area contributed by atoms with Gasteiger partial charge in [-0.1, -0.05) is 12.8 Å². The number of carbonyl (C=O) groups excluding carboxylic acids is 1. The normalized spacial score (nSPS) is 21.8. The second-order valence-electron chi connectivity index (χ2n) is 3.37. The molecule has 0 saturated heterocycles. The third-order valence-electron chi connectivity index (χ3n) is 2.74. The maximum Gasteiger partial charge on any atom is 0.369 e. The molecule has 3 nitrogen and oxygen atoms in total. The molecule has 0 unspecified atom stereocenters. The lowest BCUT2D eigenvalue weighted by Crippen LogP contribution is -2.50. The van der Waals surface area contributed by atoms with Crippen molar-refractivity contribution in [3.05, 3.63) is 0 Å². The number of ether oxygens (including phenoxy) is 1. The molecule has 0 aliphatic heterocycles. The van der Waals surface area contributed by atoms with E-state index in [1.807, 2.05) is 0 Å². The van der Waals surface area contributed by atoms with E-state index in [4.69, 9.17) is 5.73 Å². The molecule has 1 amide bonds. The molecule has 5 heteroatoms. The first-order valence-electron chi connectivity index (χ1n) is 4.19. The van der Waals surface area contributed by atoms with Crippen molar-refractivity contribution in [2.24, 2.45) is 11.1 Å². The number of hydrogen-bond acceptors (Lipinski definition) is 2. The zero-order valence-corrected chi connectivity index (χ0v) is 7.48. The van der Waals surface area contributed by atoms with E-state index in [0.717, 1.165) is 7.11 Å². The minimum absolute atomic E-state index is 0.114. The average Bonchev–Trinajstić information content (AvgIpc) is 2.53. The number of methoxy groups -OCH3 is 1. The molecule has 0 aromatic heterocycles. The number of halogens is 2. The van der Waals surface area contributed by atoms with Gasteiger partial charge < -0.3 is 10.5 Å². The molecule has 0 spiro atoms. The largest absolute Gasteiger partial charge is 0.369 e. The van der Waals surface area contributed by atoms with Crippen molar-refractivity contribution >= 4 is 5.91 Å². The predicted molar refractivity (Wildman–Crippen MR) is 42.1 cm³/mol. The fraction of sp³-hybridized carbons (Fsp3) is 0.875. The Bertz CT molecular complexity index is 212. The van der Waals surface area contributed by atoms with Crippen molar-refractivity contribution in [1.82, 2.24) is 0 Å². The van der Waals surface area contributed by atoms with E-state index in [2.05, 4.69) is 4.74 Å². The molecule has 1 saturated carbocycles. The van der Waals surface area contributed by atoms with Gasteiger partial charge in [0.1, 0.15) is 5.41 Å². The van der Waals surface area contributed by atoms with Crippen LogP contribution < -0.4 is 5.73 Å². The van der Waals surface area contributed by atoms with E-state index < -0.39 is 17.4 Å². The molecule has 1 aliphatic rings. The predicted octanol–water partition coefficient (Wildman–Crippen LogP) is 1.27. The smallest absolute Gasteiger partial charge is 0.369 e. The molecule has 13 heavy (non-hydrogen) atoms. The summed E-state index contributed by atoms with van der Waals surface area (Å²) in [5, 5.41) is 0. The van der Waals surface area contributed by atoms with Crippen LogP contribution >= 0.6 is 0 Å². The molecule has 0 atom stereocenters. The maximum absolute atomic E-state index is 13.2. The van der Waals surface area contributed by atoms with Gasteiger partial charge in [0.25, 0.3) is 0 Å². The molecule has 1 rings (SSSR count). The van der Waals surface area contributed by atoms with Crippen LogP contribution in [0.3, 0.4) is 0 Å². The van der Waals surface area contributed by atoms with Crippen LogP contribution in [0.25, 0.3) is 0 Å². The van der Waals surface area contributed by atoms with Crippen molar-refractivity contribution in [2.75, 3.05) is 7.11 Å². The molecule has 0 aromatic rings. The quantitative estimate of drug-likeness (QED) is 0.733. The second kappa shape index (κ2) is 3.21. The summed E-state index contributed by atoms with van der Waals surface area (Å²) >= 11 is 0. The molecule has 0 radical (unpaired) electrons. The Morgan fingerprint density at radius 2 is 1.92 bits per heavy atom. The van der Waals surface area contributed by atoms with E-state index in [9.17, 15) is 13.6 Å². The number of carbonyl (C=O) groups is 1. The lowest BCUT2D eigenvalue weighted by molar-refractivity contribution is -0.284. The molecular formula is C8H13F2NO2. The molecule has 1 fully saturated rings. The average molecular weight is 193 g/mol. The number of primary amides is 1. The van der Waals surface area contributed by atoms with Gasteiger partial charge in [-0.15, -0.1) is 0 Å². The third kappa shape index (κ3) is 1.41. The molecule has 0 bridgehead atoms. The topological polar surface area (TPSA) is 52.3 Å². The lowest BCUT2D eigenvalue weighted by atomic mass is 9.84. The number of rotatable bonds is 3. The SMILES string of the molecule is COC(F)(F)C1(C(N)=O)CCCC1. The van der Waals surface area contributed by atoms with Gasteiger partial charge in [-0.3, -0.25) is 4.79 Å². The van der Waals surface area contributed by atoms with Gasteiger partial charge in [-0.25, -0.2) is 0 Å². The van der Waals surface area contributed by atoms with Crippen LogP contribution in [-0.2, 0) is 9.53 Å². The molecule has 0 aromatic carbocycles. The highest BCUT2D eigenvalue weighted by molar-refractivity contribution is 5.82. The molecule has 1 aliphatic carbocycles. The summed E-state index contributed by atoms with van der Waals surface area (Å²) in [7, 11) is 0.892. The van der Waals surface area contributed by atoms with Crippen LogP contribution in [0.2, 0.25) is 0 Å². The fourth-order valence-corrected chi connectivity index (χ4v) is 1.85. The van der Waals surface area contributed by atoms with Crippen LogP contribution in [0.4, 0.5) is 8.78 Å². The number of nitrogens with two attached hydrogens (primary N) is 1. The Morgan fingerprint density at radius 3 is 2.23 bits per heavy atom. The monoisotopic (exact) mass is 193 g/mol. The summed E-state index contributed by atoms with van der Waals surface area (Å²) in [6.07, 6.45) is -2.01. The van der Waals surface area contributed by atoms with Gasteiger partial charge in [0, 0.05) is 7.11 Å². The Hall–Kier alpha value is -0.710. The zero-order valence-electron chi connectivity index (χ0n) is 7.48. The minimum atomic E-state index is -3.44. The summed E-state index contributed by atoms with van der Waals surface area (Å²) < 4.78 is 30.5. The van der Waals surface area contributed by atoms with Crippen molar-refractivity contribution in [3.63, 3.8) is 0 Å². The van der Waals surface area contributed by atoms with Crippen LogP contribution in [0.5, 0.6) is 0 Å². The Kier molecular flexibility index (Phi) is 2.56. The minimum Gasteiger partial charge on any atom is -0.369 e. The molecule has 2 N–H and O–H groups in total. The molecule has 76 valence electrons. The Morgan fingerprint density at radius 1 is 1.46 bits per heavy atom. The van der Waals surface area contributed by atoms with E-state index in [1.165, 1.54) is 0 Å². The standard InChI is InChI=1S/C8H13F2NO2/c1-13-8(9,10)7(6(11)12)4-2-3-5-7/h2-5H2,1H3,(H2,11,12). The highest BCUT2D eigenvalue weighted by atomic mass is 19.3. The first-order valence-corrected chi connectivity index (χ1v) is 4.19. The van der Waals surface area contributed by atoms with Crippen molar-refractivity contribution < 1.29 is 18.3 Å². The van der Waals surface area contributed by atoms with Crippen LogP contribution in [0.15, 0.2) is 0 Å². The highest BCUT2D eigenvalue weighted by Crippen LogP contribution is 2.49. The van der Waals surface area contributed by atoms with Crippen LogP contribution in [0, 0.1) is 5.41 Å². The lowest BCUT2D eigenvalue weighted by Gasteiger charge is -2.32. The van der Waals surface area contributed by atoms with Gasteiger partial charge in [0.15, 0.2) is 0 Å². The zero-order chi connectivity index (χ0) is 10.1. The van der Waals surface area contributed by atoms with Crippen LogP contribution in [0.1, 0.15) is 25.7 Å². The van der Waals surface area contributed by atoms with Crippen LogP contribution in [-0.4, -0.2) is 19.1 Å². The van der Waals surface area contributed by atoms with Crippen molar-refractivity contribution in [3.8, 4) is 0 Å².